The molecule has 0 fully saturated rings. The number of halogens is 1. The fraction of sp³-hybridized carbons (Fsp3) is 0.375. The third-order valence-electron chi connectivity index (χ3n) is 3.43. The molecular weight excluding hydrogens is 269 g/mol. The number of carbonyl (C=O) groups excluding carboxylic acids is 1. The zero-order valence-corrected chi connectivity index (χ0v) is 12.1. The van der Waals surface area contributed by atoms with E-state index in [9.17, 15) is 9.18 Å². The van der Waals surface area contributed by atoms with Gasteiger partial charge in [0.15, 0.2) is 0 Å². The third-order valence-corrected chi connectivity index (χ3v) is 3.43. The second kappa shape index (κ2) is 7.57. The van der Waals surface area contributed by atoms with Gasteiger partial charge in [0.1, 0.15) is 5.82 Å². The van der Waals surface area contributed by atoms with E-state index in [4.69, 9.17) is 0 Å². The molecule has 4 nitrogen and oxygen atoms in total. The Morgan fingerprint density at radius 1 is 1.43 bits per heavy atom. The average molecular weight is 289 g/mol. The molecule has 2 aromatic rings. The molecule has 0 aliphatic heterocycles. The summed E-state index contributed by atoms with van der Waals surface area (Å²) in [5.41, 5.74) is 0.579. The summed E-state index contributed by atoms with van der Waals surface area (Å²) in [5, 5.41) is 2.98. The Morgan fingerprint density at radius 2 is 2.24 bits per heavy atom. The van der Waals surface area contributed by atoms with E-state index in [0.717, 1.165) is 6.42 Å². The molecule has 5 heteroatoms. The van der Waals surface area contributed by atoms with E-state index in [1.54, 1.807) is 30.7 Å². The number of amides is 1. The highest BCUT2D eigenvalue weighted by Gasteiger charge is 2.11. The third kappa shape index (κ3) is 4.70. The summed E-state index contributed by atoms with van der Waals surface area (Å²) in [6, 6.07) is 6.63. The normalized spacial score (nSPS) is 12.1. The van der Waals surface area contributed by atoms with Crippen molar-refractivity contribution in [3.05, 3.63) is 54.4 Å². The van der Waals surface area contributed by atoms with Crippen LogP contribution in [0, 0.1) is 5.82 Å². The summed E-state index contributed by atoms with van der Waals surface area (Å²) in [5.74, 6) is -0.305. The van der Waals surface area contributed by atoms with Crippen molar-refractivity contribution < 1.29 is 9.18 Å². The zero-order chi connectivity index (χ0) is 15.1. The van der Waals surface area contributed by atoms with Crippen molar-refractivity contribution in [1.82, 2.24) is 14.9 Å². The minimum absolute atomic E-state index is 0.0507. The first-order valence-electron chi connectivity index (χ1n) is 7.17. The number of nitrogens with zero attached hydrogens (tertiary/aromatic N) is 2. The molecule has 1 aromatic heterocycles. The maximum atomic E-state index is 13.5. The van der Waals surface area contributed by atoms with Crippen LogP contribution in [-0.4, -0.2) is 21.5 Å². The predicted octanol–water partition coefficient (Wildman–Crippen LogP) is 2.55. The number of benzene rings is 1. The summed E-state index contributed by atoms with van der Waals surface area (Å²) < 4.78 is 15.4. The minimum Gasteiger partial charge on any atom is -0.352 e. The standard InChI is InChI=1S/C16H20FN3O/c1-2-14(11-20-10-9-18-12-20)19-16(21)8-7-13-5-3-4-6-15(13)17/h3-6,9-10,12,14H,2,7-8,11H2,1H3,(H,19,21). The molecule has 1 N–H and O–H groups in total. The SMILES string of the molecule is CCC(Cn1ccnc1)NC(=O)CCc1ccccc1F. The summed E-state index contributed by atoms with van der Waals surface area (Å²) >= 11 is 0. The molecule has 0 aliphatic carbocycles. The summed E-state index contributed by atoms with van der Waals surface area (Å²) in [6.45, 7) is 2.72. The van der Waals surface area contributed by atoms with Gasteiger partial charge in [-0.2, -0.15) is 0 Å². The molecule has 2 rings (SSSR count). The summed E-state index contributed by atoms with van der Waals surface area (Å²) in [4.78, 5) is 15.9. The maximum absolute atomic E-state index is 13.5. The number of aromatic nitrogens is 2. The van der Waals surface area contributed by atoms with Crippen molar-refractivity contribution in [2.24, 2.45) is 0 Å². The van der Waals surface area contributed by atoms with Crippen LogP contribution in [0.25, 0.3) is 0 Å². The highest BCUT2D eigenvalue weighted by atomic mass is 19.1. The fourth-order valence-electron chi connectivity index (χ4n) is 2.18. The summed E-state index contributed by atoms with van der Waals surface area (Å²) in [6.07, 6.45) is 6.86. The van der Waals surface area contributed by atoms with E-state index in [1.165, 1.54) is 6.07 Å². The van der Waals surface area contributed by atoms with Gasteiger partial charge in [-0.1, -0.05) is 25.1 Å². The van der Waals surface area contributed by atoms with Crippen LogP contribution in [0.2, 0.25) is 0 Å². The van der Waals surface area contributed by atoms with Gasteiger partial charge >= 0.3 is 0 Å². The molecule has 1 amide bonds. The smallest absolute Gasteiger partial charge is 0.220 e. The van der Waals surface area contributed by atoms with Crippen LogP contribution in [0.15, 0.2) is 43.0 Å². The van der Waals surface area contributed by atoms with E-state index in [0.29, 0.717) is 24.9 Å². The van der Waals surface area contributed by atoms with Gasteiger partial charge in [-0.3, -0.25) is 4.79 Å². The van der Waals surface area contributed by atoms with Crippen molar-refractivity contribution in [2.75, 3.05) is 0 Å². The van der Waals surface area contributed by atoms with E-state index >= 15 is 0 Å². The minimum atomic E-state index is -0.254. The molecular formula is C16H20FN3O. The van der Waals surface area contributed by atoms with E-state index < -0.39 is 0 Å². The number of aryl methyl sites for hydroxylation is 1. The van der Waals surface area contributed by atoms with Crippen molar-refractivity contribution in [2.45, 2.75) is 38.8 Å². The highest BCUT2D eigenvalue weighted by molar-refractivity contribution is 5.76. The first kappa shape index (κ1) is 15.2. The lowest BCUT2D eigenvalue weighted by molar-refractivity contribution is -0.121. The van der Waals surface area contributed by atoms with Gasteiger partial charge in [-0.05, 0) is 24.5 Å². The van der Waals surface area contributed by atoms with E-state index in [-0.39, 0.29) is 17.8 Å². The second-order valence-corrected chi connectivity index (χ2v) is 5.02. The van der Waals surface area contributed by atoms with Gasteiger partial charge in [0.25, 0.3) is 0 Å². The second-order valence-electron chi connectivity index (χ2n) is 5.02. The van der Waals surface area contributed by atoms with Gasteiger partial charge in [-0.15, -0.1) is 0 Å². The Labute approximate surface area is 124 Å². The largest absolute Gasteiger partial charge is 0.352 e. The predicted molar refractivity (Wildman–Crippen MR) is 79.2 cm³/mol. The first-order chi connectivity index (χ1) is 10.2. The van der Waals surface area contributed by atoms with Crippen LogP contribution < -0.4 is 5.32 Å². The molecule has 1 unspecified atom stereocenters. The number of rotatable bonds is 7. The van der Waals surface area contributed by atoms with Crippen molar-refractivity contribution in [1.29, 1.82) is 0 Å². The topological polar surface area (TPSA) is 46.9 Å². The van der Waals surface area contributed by atoms with Crippen LogP contribution in [0.4, 0.5) is 4.39 Å². The Balaban J connectivity index is 1.81. The van der Waals surface area contributed by atoms with Crippen molar-refractivity contribution >= 4 is 5.91 Å². The van der Waals surface area contributed by atoms with Crippen LogP contribution >= 0.6 is 0 Å². The molecule has 1 atom stereocenters. The Morgan fingerprint density at radius 3 is 2.90 bits per heavy atom. The number of hydrogen-bond donors (Lipinski definition) is 1. The number of carbonyl (C=O) groups is 1. The molecule has 21 heavy (non-hydrogen) atoms. The van der Waals surface area contributed by atoms with Gasteiger partial charge in [0, 0.05) is 31.4 Å². The quantitative estimate of drug-likeness (QED) is 0.851. The summed E-state index contributed by atoms with van der Waals surface area (Å²) in [7, 11) is 0. The average Bonchev–Trinajstić information content (AvgIpc) is 2.98. The van der Waals surface area contributed by atoms with Crippen molar-refractivity contribution in [3.63, 3.8) is 0 Å². The first-order valence-corrected chi connectivity index (χ1v) is 7.17. The molecule has 0 bridgehead atoms. The van der Waals surface area contributed by atoms with Crippen LogP contribution in [-0.2, 0) is 17.8 Å². The highest BCUT2D eigenvalue weighted by Crippen LogP contribution is 2.09. The van der Waals surface area contributed by atoms with Gasteiger partial charge < -0.3 is 9.88 Å². The Kier molecular flexibility index (Phi) is 5.49. The van der Waals surface area contributed by atoms with E-state index in [2.05, 4.69) is 10.3 Å². The molecule has 0 radical (unpaired) electrons. The lowest BCUT2D eigenvalue weighted by Gasteiger charge is -2.17. The molecule has 0 spiro atoms. The lowest BCUT2D eigenvalue weighted by atomic mass is 10.1. The molecule has 0 saturated carbocycles. The molecule has 0 aliphatic rings. The van der Waals surface area contributed by atoms with E-state index in [1.807, 2.05) is 17.7 Å². The van der Waals surface area contributed by atoms with Gasteiger partial charge in [0.2, 0.25) is 5.91 Å². The Hall–Kier alpha value is -2.17. The maximum Gasteiger partial charge on any atom is 0.220 e. The van der Waals surface area contributed by atoms with Crippen LogP contribution in [0.1, 0.15) is 25.3 Å². The van der Waals surface area contributed by atoms with Gasteiger partial charge in [0.05, 0.1) is 6.33 Å². The van der Waals surface area contributed by atoms with Crippen molar-refractivity contribution in [3.8, 4) is 0 Å². The molecule has 112 valence electrons. The van der Waals surface area contributed by atoms with Gasteiger partial charge in [-0.25, -0.2) is 9.37 Å². The van der Waals surface area contributed by atoms with Crippen LogP contribution in [0.3, 0.4) is 0 Å². The number of nitrogens with one attached hydrogen (secondary N) is 1. The zero-order valence-electron chi connectivity index (χ0n) is 12.1. The number of hydrogen-bond acceptors (Lipinski definition) is 2. The molecule has 1 aromatic carbocycles. The lowest BCUT2D eigenvalue weighted by Crippen LogP contribution is -2.37. The number of imidazole rings is 1. The molecule has 1 heterocycles. The monoisotopic (exact) mass is 289 g/mol. The van der Waals surface area contributed by atoms with Crippen LogP contribution in [0.5, 0.6) is 0 Å². The molecule has 0 saturated heterocycles. The fourth-order valence-corrected chi connectivity index (χ4v) is 2.18. The Bertz CT molecular complexity index is 569.